The van der Waals surface area contributed by atoms with E-state index in [0.717, 1.165) is 57.8 Å². The molecule has 1 amide bonds. The van der Waals surface area contributed by atoms with Crippen molar-refractivity contribution < 1.29 is 15.0 Å². The summed E-state index contributed by atoms with van der Waals surface area (Å²) in [6, 6.07) is -0.538. The summed E-state index contributed by atoms with van der Waals surface area (Å²) in [6.07, 6.45) is 47.2. The van der Waals surface area contributed by atoms with Crippen LogP contribution in [0.15, 0.2) is 60.8 Å². The highest BCUT2D eigenvalue weighted by molar-refractivity contribution is 5.76. The summed E-state index contributed by atoms with van der Waals surface area (Å²) in [5.41, 5.74) is 0. The van der Waals surface area contributed by atoms with Gasteiger partial charge in [-0.2, -0.15) is 0 Å². The van der Waals surface area contributed by atoms with Gasteiger partial charge in [-0.05, 0) is 57.8 Å². The smallest absolute Gasteiger partial charge is 0.220 e. The van der Waals surface area contributed by atoms with Gasteiger partial charge in [0.2, 0.25) is 5.91 Å². The predicted octanol–water partition coefficient (Wildman–Crippen LogP) is 10.6. The second-order valence-corrected chi connectivity index (χ2v) is 11.9. The molecule has 0 rings (SSSR count). The largest absolute Gasteiger partial charge is 0.394 e. The Hall–Kier alpha value is -1.91. The third-order valence-electron chi connectivity index (χ3n) is 7.79. The Morgan fingerprint density at radius 2 is 1.02 bits per heavy atom. The maximum absolute atomic E-state index is 12.2. The first-order valence-corrected chi connectivity index (χ1v) is 18.0. The number of nitrogens with one attached hydrogen (secondary N) is 1. The van der Waals surface area contributed by atoms with E-state index < -0.39 is 12.1 Å². The zero-order chi connectivity index (χ0) is 31.5. The van der Waals surface area contributed by atoms with Crippen molar-refractivity contribution in [1.29, 1.82) is 0 Å². The second-order valence-electron chi connectivity index (χ2n) is 11.9. The van der Waals surface area contributed by atoms with Gasteiger partial charge in [0.1, 0.15) is 0 Å². The molecule has 0 aliphatic carbocycles. The molecular weight excluding hydrogens is 530 g/mol. The number of rotatable bonds is 31. The average molecular weight is 600 g/mol. The van der Waals surface area contributed by atoms with Crippen molar-refractivity contribution in [3.05, 3.63) is 60.8 Å². The fourth-order valence-electron chi connectivity index (χ4n) is 5.03. The van der Waals surface area contributed by atoms with Gasteiger partial charge in [0, 0.05) is 6.42 Å². The van der Waals surface area contributed by atoms with Crippen LogP contribution >= 0.6 is 0 Å². The van der Waals surface area contributed by atoms with Crippen molar-refractivity contribution >= 4 is 5.91 Å². The van der Waals surface area contributed by atoms with Crippen molar-refractivity contribution in [2.24, 2.45) is 0 Å². The molecule has 0 saturated carbocycles. The fourth-order valence-corrected chi connectivity index (χ4v) is 5.03. The van der Waals surface area contributed by atoms with E-state index in [-0.39, 0.29) is 12.5 Å². The zero-order valence-corrected chi connectivity index (χ0v) is 28.2. The van der Waals surface area contributed by atoms with Gasteiger partial charge in [-0.15, -0.1) is 0 Å². The molecule has 248 valence electrons. The molecule has 0 aromatic carbocycles. The first-order valence-electron chi connectivity index (χ1n) is 18.0. The molecule has 0 radical (unpaired) electrons. The van der Waals surface area contributed by atoms with Gasteiger partial charge in [0.25, 0.3) is 0 Å². The van der Waals surface area contributed by atoms with Crippen LogP contribution in [0.1, 0.15) is 162 Å². The molecule has 0 bridgehead atoms. The highest BCUT2D eigenvalue weighted by Crippen LogP contribution is 2.13. The second kappa shape index (κ2) is 34.6. The first kappa shape index (κ1) is 41.1. The normalized spacial score (nSPS) is 13.9. The molecular formula is C39H69NO3. The number of aliphatic hydroxyl groups excluding tert-OH is 2. The van der Waals surface area contributed by atoms with Crippen molar-refractivity contribution in [3.63, 3.8) is 0 Å². The molecule has 0 aromatic rings. The van der Waals surface area contributed by atoms with Gasteiger partial charge in [0.15, 0.2) is 0 Å². The molecule has 0 fully saturated rings. The summed E-state index contributed by atoms with van der Waals surface area (Å²) in [4.78, 5) is 12.2. The molecule has 0 heterocycles. The topological polar surface area (TPSA) is 69.6 Å². The number of amides is 1. The molecule has 0 saturated heterocycles. The van der Waals surface area contributed by atoms with Gasteiger partial charge in [-0.25, -0.2) is 0 Å². The summed E-state index contributed by atoms with van der Waals surface area (Å²) in [6.45, 7) is 4.16. The van der Waals surface area contributed by atoms with E-state index in [4.69, 9.17) is 0 Å². The van der Waals surface area contributed by atoms with Crippen LogP contribution in [-0.2, 0) is 4.79 Å². The summed E-state index contributed by atoms with van der Waals surface area (Å²) >= 11 is 0. The van der Waals surface area contributed by atoms with Crippen LogP contribution in [0, 0.1) is 0 Å². The lowest BCUT2D eigenvalue weighted by Crippen LogP contribution is -2.45. The lowest BCUT2D eigenvalue weighted by molar-refractivity contribution is -0.123. The Bertz CT molecular complexity index is 737. The highest BCUT2D eigenvalue weighted by atomic mass is 16.3. The van der Waals surface area contributed by atoms with Crippen LogP contribution < -0.4 is 5.32 Å². The molecule has 2 atom stereocenters. The summed E-state index contributed by atoms with van der Waals surface area (Å²) < 4.78 is 0. The summed E-state index contributed by atoms with van der Waals surface area (Å²) in [5, 5.41) is 22.8. The monoisotopic (exact) mass is 600 g/mol. The third kappa shape index (κ3) is 31.3. The summed E-state index contributed by atoms with van der Waals surface area (Å²) in [7, 11) is 0. The van der Waals surface area contributed by atoms with E-state index in [0.29, 0.717) is 12.8 Å². The zero-order valence-electron chi connectivity index (χ0n) is 28.2. The summed E-state index contributed by atoms with van der Waals surface area (Å²) in [5.74, 6) is -0.0476. The lowest BCUT2D eigenvalue weighted by Gasteiger charge is -2.22. The van der Waals surface area contributed by atoms with Crippen molar-refractivity contribution in [2.45, 2.75) is 174 Å². The van der Waals surface area contributed by atoms with Gasteiger partial charge in [-0.1, -0.05) is 158 Å². The number of unbranched alkanes of at least 4 members (excludes halogenated alkanes) is 14. The number of aliphatic hydroxyl groups is 2. The van der Waals surface area contributed by atoms with E-state index in [1.54, 1.807) is 0 Å². The van der Waals surface area contributed by atoms with Crippen LogP contribution in [0.2, 0.25) is 0 Å². The Morgan fingerprint density at radius 3 is 1.53 bits per heavy atom. The van der Waals surface area contributed by atoms with E-state index in [1.165, 1.54) is 77.0 Å². The van der Waals surface area contributed by atoms with Crippen molar-refractivity contribution in [1.82, 2.24) is 5.32 Å². The molecule has 3 N–H and O–H groups in total. The van der Waals surface area contributed by atoms with Crippen LogP contribution in [0.5, 0.6) is 0 Å². The number of allylic oxidation sites excluding steroid dienone is 10. The number of hydrogen-bond donors (Lipinski definition) is 3. The minimum absolute atomic E-state index is 0.0476. The van der Waals surface area contributed by atoms with Crippen LogP contribution in [0.4, 0.5) is 0 Å². The molecule has 0 spiro atoms. The molecule has 0 aromatic heterocycles. The van der Waals surface area contributed by atoms with Gasteiger partial charge in [0.05, 0.1) is 18.8 Å². The van der Waals surface area contributed by atoms with Crippen LogP contribution in [-0.4, -0.2) is 34.9 Å². The molecule has 0 aliphatic rings. The Morgan fingerprint density at radius 1 is 0.581 bits per heavy atom. The van der Waals surface area contributed by atoms with Crippen LogP contribution in [0.25, 0.3) is 0 Å². The standard InChI is InChI=1S/C39H69NO3/c1-3-5-7-9-11-12-13-14-15-16-17-18-19-20-21-22-23-24-25-26-27-28-29-31-33-35-39(43)40-37(36-41)38(42)34-32-30-10-8-6-4-2/h5,7,11-12,14-15,17-18,20-21,37-38,41-42H,3-4,6,8-10,13,16,19,22-36H2,1-2H3,(H,40,43)/b7-5-,12-11-,15-14-,18-17-,21-20-. The quantitative estimate of drug-likeness (QED) is 0.0548. The SMILES string of the molecule is CC/C=C\C/C=C\C/C=C\C/C=C\C/C=C\CCCCCCCCCCCC(=O)NC(CO)C(O)CCCCCCCC. The van der Waals surface area contributed by atoms with Crippen molar-refractivity contribution in [3.8, 4) is 0 Å². The lowest BCUT2D eigenvalue weighted by atomic mass is 10.0. The minimum Gasteiger partial charge on any atom is -0.394 e. The average Bonchev–Trinajstić information content (AvgIpc) is 3.01. The predicted molar refractivity (Wildman–Crippen MR) is 188 cm³/mol. The van der Waals surface area contributed by atoms with E-state index in [2.05, 4.69) is 79.9 Å². The molecule has 0 aliphatic heterocycles. The van der Waals surface area contributed by atoms with E-state index in [9.17, 15) is 15.0 Å². The number of hydrogen-bond acceptors (Lipinski definition) is 3. The fraction of sp³-hybridized carbons (Fsp3) is 0.718. The Labute approximate surface area is 266 Å². The Balaban J connectivity index is 3.55. The maximum atomic E-state index is 12.2. The highest BCUT2D eigenvalue weighted by Gasteiger charge is 2.19. The van der Waals surface area contributed by atoms with Gasteiger partial charge in [-0.3, -0.25) is 4.79 Å². The van der Waals surface area contributed by atoms with Gasteiger partial charge >= 0.3 is 0 Å². The molecule has 2 unspecified atom stereocenters. The first-order chi connectivity index (χ1) is 21.2. The van der Waals surface area contributed by atoms with Crippen molar-refractivity contribution in [2.75, 3.05) is 6.61 Å². The molecule has 43 heavy (non-hydrogen) atoms. The number of carbonyl (C=O) groups is 1. The maximum Gasteiger partial charge on any atom is 0.220 e. The molecule has 4 nitrogen and oxygen atoms in total. The van der Waals surface area contributed by atoms with E-state index >= 15 is 0 Å². The van der Waals surface area contributed by atoms with E-state index in [1.807, 2.05) is 0 Å². The van der Waals surface area contributed by atoms with Gasteiger partial charge < -0.3 is 15.5 Å². The number of carbonyl (C=O) groups excluding carboxylic acids is 1. The molecule has 4 heteroatoms. The van der Waals surface area contributed by atoms with Crippen LogP contribution in [0.3, 0.4) is 0 Å². The third-order valence-corrected chi connectivity index (χ3v) is 7.79. The minimum atomic E-state index is -0.660. The Kier molecular flexibility index (Phi) is 33.0.